The van der Waals surface area contributed by atoms with Gasteiger partial charge in [0, 0.05) is 32.7 Å². The molecule has 0 saturated heterocycles. The number of carbonyl (C=O) groups is 2. The molecule has 0 atom stereocenters. The molecule has 19 heavy (non-hydrogen) atoms. The molecule has 1 rings (SSSR count). The van der Waals surface area contributed by atoms with Crippen LogP contribution in [0.5, 0.6) is 5.75 Å². The van der Waals surface area contributed by atoms with Crippen LogP contribution in [-0.2, 0) is 42.2 Å². The van der Waals surface area contributed by atoms with Crippen LogP contribution < -0.4 is 4.74 Å². The molecule has 0 aromatic heterocycles. The molecule has 4 nitrogen and oxygen atoms in total. The van der Waals surface area contributed by atoms with Gasteiger partial charge in [-0.15, -0.1) is 0 Å². The Morgan fingerprint density at radius 2 is 1.95 bits per heavy atom. The molecule has 0 aliphatic heterocycles. The Kier molecular flexibility index (Phi) is 15.1. The minimum absolute atomic E-state index is 0. The average Bonchev–Trinajstić information content (AvgIpc) is 2.42. The van der Waals surface area contributed by atoms with Crippen LogP contribution in [0.15, 0.2) is 24.3 Å². The van der Waals surface area contributed by atoms with Crippen molar-refractivity contribution in [1.82, 2.24) is 0 Å². The fourth-order valence-corrected chi connectivity index (χ4v) is 1.10. The largest absolute Gasteiger partial charge is 0.426 e. The third-order valence-corrected chi connectivity index (χ3v) is 1.86. The molecule has 0 amide bonds. The van der Waals surface area contributed by atoms with Crippen LogP contribution in [0.2, 0.25) is 0 Å². The summed E-state index contributed by atoms with van der Waals surface area (Å²) >= 11 is 0. The van der Waals surface area contributed by atoms with Gasteiger partial charge in [0.1, 0.15) is 5.75 Å². The van der Waals surface area contributed by atoms with E-state index in [0.717, 1.165) is 0 Å². The summed E-state index contributed by atoms with van der Waals surface area (Å²) in [6.07, 6.45) is 0.789. The summed E-state index contributed by atoms with van der Waals surface area (Å²) < 4.78 is 9.93. The second-order valence-electron chi connectivity index (χ2n) is 2.99. The van der Waals surface area contributed by atoms with E-state index in [9.17, 15) is 9.59 Å². The Hall–Kier alpha value is -0.576. The zero-order valence-corrected chi connectivity index (χ0v) is 14.3. The van der Waals surface area contributed by atoms with Gasteiger partial charge in [0.05, 0.1) is 18.6 Å². The van der Waals surface area contributed by atoms with Gasteiger partial charge in [0.25, 0.3) is 0 Å². The van der Waals surface area contributed by atoms with E-state index in [-0.39, 0.29) is 51.5 Å². The number of esters is 1. The number of aldehydes is 1. The molecular weight excluding hydrogens is 321 g/mol. The Labute approximate surface area is 139 Å². The van der Waals surface area contributed by atoms with Crippen molar-refractivity contribution < 1.29 is 51.8 Å². The quantitative estimate of drug-likeness (QED) is 0.263. The van der Waals surface area contributed by atoms with E-state index in [4.69, 9.17) is 9.47 Å². The zero-order chi connectivity index (χ0) is 13.8. The van der Waals surface area contributed by atoms with E-state index in [1.54, 1.807) is 24.3 Å². The zero-order valence-electron chi connectivity index (χ0n) is 11.4. The molecule has 0 saturated carbocycles. The van der Waals surface area contributed by atoms with E-state index < -0.39 is 5.97 Å². The van der Waals surface area contributed by atoms with Crippen molar-refractivity contribution in [3.8, 4) is 5.75 Å². The molecule has 0 fully saturated rings. The van der Waals surface area contributed by atoms with Gasteiger partial charge in [0.15, 0.2) is 6.29 Å². The van der Waals surface area contributed by atoms with Crippen molar-refractivity contribution >= 4 is 12.3 Å². The SMILES string of the molecule is CC.[CH2-]COCCC(=O)Oc1ccccc1C=O.[Y]. The fraction of sp³-hybridized carbons (Fsp3) is 0.357. The first-order valence-electron chi connectivity index (χ1n) is 5.90. The number of rotatable bonds is 6. The molecule has 0 aliphatic carbocycles. The van der Waals surface area contributed by atoms with Crippen molar-refractivity contribution in [3.05, 3.63) is 36.8 Å². The van der Waals surface area contributed by atoms with E-state index in [2.05, 4.69) is 6.92 Å². The number of ether oxygens (including phenoxy) is 2. The minimum atomic E-state index is -0.428. The summed E-state index contributed by atoms with van der Waals surface area (Å²) in [5.41, 5.74) is 0.355. The van der Waals surface area contributed by atoms with E-state index in [1.165, 1.54) is 0 Å². The predicted molar refractivity (Wildman–Crippen MR) is 69.6 cm³/mol. The Bertz CT molecular complexity index is 366. The number of hydrogen-bond acceptors (Lipinski definition) is 4. The van der Waals surface area contributed by atoms with Crippen LogP contribution in [0.3, 0.4) is 0 Å². The molecule has 0 heterocycles. The van der Waals surface area contributed by atoms with Gasteiger partial charge in [-0.25, -0.2) is 0 Å². The topological polar surface area (TPSA) is 52.6 Å². The Morgan fingerprint density at radius 3 is 2.53 bits per heavy atom. The van der Waals surface area contributed by atoms with Gasteiger partial charge in [-0.05, 0) is 12.1 Å². The van der Waals surface area contributed by atoms with E-state index in [1.807, 2.05) is 13.8 Å². The summed E-state index contributed by atoms with van der Waals surface area (Å²) in [5.74, 6) is -0.153. The van der Waals surface area contributed by atoms with Crippen LogP contribution >= 0.6 is 0 Å². The maximum Gasteiger partial charge on any atom is 0.313 e. The molecule has 1 aromatic carbocycles. The van der Waals surface area contributed by atoms with Crippen molar-refractivity contribution in [2.75, 3.05) is 13.2 Å². The summed E-state index contributed by atoms with van der Waals surface area (Å²) in [7, 11) is 0. The number of hydrogen-bond donors (Lipinski definition) is 0. The molecule has 0 aliphatic rings. The maximum atomic E-state index is 11.3. The van der Waals surface area contributed by atoms with E-state index in [0.29, 0.717) is 18.5 Å². The molecule has 103 valence electrons. The molecule has 1 radical (unpaired) electrons. The Morgan fingerprint density at radius 1 is 1.32 bits per heavy atom. The number of para-hydroxylation sites is 1. The monoisotopic (exact) mass is 340 g/mol. The van der Waals surface area contributed by atoms with E-state index >= 15 is 0 Å². The second-order valence-corrected chi connectivity index (χ2v) is 2.99. The molecule has 0 unspecified atom stereocenters. The van der Waals surface area contributed by atoms with Crippen molar-refractivity contribution in [1.29, 1.82) is 0 Å². The second kappa shape index (κ2) is 13.8. The third-order valence-electron chi connectivity index (χ3n) is 1.86. The van der Waals surface area contributed by atoms with Crippen LogP contribution in [0.25, 0.3) is 0 Å². The summed E-state index contributed by atoms with van der Waals surface area (Å²) in [6.45, 7) is 8.06. The molecule has 0 spiro atoms. The first kappa shape index (κ1) is 20.7. The summed E-state index contributed by atoms with van der Waals surface area (Å²) in [6, 6.07) is 6.56. The normalized spacial score (nSPS) is 8.58. The van der Waals surface area contributed by atoms with Crippen LogP contribution in [0.1, 0.15) is 30.6 Å². The summed E-state index contributed by atoms with van der Waals surface area (Å²) in [5, 5.41) is 0. The molecular formula is C14H19O4Y-. The molecule has 0 N–H and O–H groups in total. The standard InChI is InChI=1S/C12H13O4.C2H6.Y/c1-2-15-8-7-12(14)16-11-6-4-3-5-10(11)9-13;1-2;/h3-6,9H,1-2,7-8H2;1-2H3;/q-1;;. The van der Waals surface area contributed by atoms with Crippen molar-refractivity contribution in [3.63, 3.8) is 0 Å². The Balaban J connectivity index is 0. The van der Waals surface area contributed by atoms with Crippen LogP contribution in [-0.4, -0.2) is 25.5 Å². The van der Waals surface area contributed by atoms with Gasteiger partial charge in [-0.3, -0.25) is 9.59 Å². The van der Waals surface area contributed by atoms with Gasteiger partial charge in [0.2, 0.25) is 0 Å². The molecule has 5 heteroatoms. The first-order chi connectivity index (χ1) is 8.77. The third kappa shape index (κ3) is 9.03. The average molecular weight is 340 g/mol. The van der Waals surface area contributed by atoms with Gasteiger partial charge in [-0.2, -0.15) is 0 Å². The van der Waals surface area contributed by atoms with Crippen molar-refractivity contribution in [2.45, 2.75) is 20.3 Å². The van der Waals surface area contributed by atoms with Gasteiger partial charge < -0.3 is 16.4 Å². The minimum Gasteiger partial charge on any atom is -0.426 e. The number of benzene rings is 1. The number of carbonyl (C=O) groups excluding carboxylic acids is 2. The molecule has 0 bridgehead atoms. The fourth-order valence-electron chi connectivity index (χ4n) is 1.10. The van der Waals surface area contributed by atoms with Crippen molar-refractivity contribution in [2.24, 2.45) is 0 Å². The molecule has 1 aromatic rings. The van der Waals surface area contributed by atoms with Gasteiger partial charge >= 0.3 is 5.97 Å². The maximum absolute atomic E-state index is 11.3. The van der Waals surface area contributed by atoms with Crippen LogP contribution in [0, 0.1) is 6.92 Å². The summed E-state index contributed by atoms with van der Waals surface area (Å²) in [4.78, 5) is 22.0. The predicted octanol–water partition coefficient (Wildman–Crippen LogP) is 2.67. The van der Waals surface area contributed by atoms with Gasteiger partial charge in [-0.1, -0.05) is 32.6 Å². The van der Waals surface area contributed by atoms with Crippen LogP contribution in [0.4, 0.5) is 0 Å². The first-order valence-corrected chi connectivity index (χ1v) is 5.90. The smallest absolute Gasteiger partial charge is 0.313 e.